The number of hydrogen-bond donors (Lipinski definition) is 2. The highest BCUT2D eigenvalue weighted by atomic mass is 16.3. The first kappa shape index (κ1) is 17.9. The van der Waals surface area contributed by atoms with Crippen molar-refractivity contribution in [3.63, 3.8) is 0 Å². The molecular weight excluding hydrogens is 318 g/mol. The summed E-state index contributed by atoms with van der Waals surface area (Å²) < 4.78 is 0. The zero-order chi connectivity index (χ0) is 17.9. The number of fused-ring (bicyclic) bond motifs is 1. The van der Waals surface area contributed by atoms with E-state index >= 15 is 0 Å². The van der Waals surface area contributed by atoms with Crippen LogP contribution in [-0.2, 0) is 22.6 Å². The van der Waals surface area contributed by atoms with Gasteiger partial charge in [-0.3, -0.25) is 14.5 Å². The number of nitrogens with one attached hydrogen (secondary N) is 1. The number of piperidine rings is 1. The van der Waals surface area contributed by atoms with E-state index < -0.39 is 5.60 Å². The number of amides is 2. The largest absolute Gasteiger partial charge is 0.378 e. The van der Waals surface area contributed by atoms with E-state index in [4.69, 9.17) is 0 Å². The molecule has 1 atom stereocenters. The van der Waals surface area contributed by atoms with Crippen LogP contribution in [0.15, 0.2) is 24.3 Å². The summed E-state index contributed by atoms with van der Waals surface area (Å²) in [5, 5.41) is 13.5. The van der Waals surface area contributed by atoms with Crippen molar-refractivity contribution in [3.8, 4) is 0 Å². The Balaban J connectivity index is 1.47. The van der Waals surface area contributed by atoms with Crippen LogP contribution in [0.25, 0.3) is 0 Å². The number of β-amino-alcohol motifs (C(OH)–C–C–N with tert-alkyl or cyclic N) is 1. The number of benzene rings is 1. The van der Waals surface area contributed by atoms with Gasteiger partial charge in [0.1, 0.15) is 0 Å². The van der Waals surface area contributed by atoms with Crippen molar-refractivity contribution < 1.29 is 14.7 Å². The van der Waals surface area contributed by atoms with Gasteiger partial charge in [-0.05, 0) is 30.4 Å². The molecule has 0 spiro atoms. The molecule has 2 amide bonds. The predicted molar refractivity (Wildman–Crippen MR) is 94.9 cm³/mol. The molecule has 0 radical (unpaired) electrons. The fourth-order valence-corrected chi connectivity index (χ4v) is 3.73. The number of nitrogens with zero attached hydrogens (tertiary/aromatic N) is 2. The van der Waals surface area contributed by atoms with E-state index in [1.165, 1.54) is 18.1 Å². The zero-order valence-electron chi connectivity index (χ0n) is 14.8. The first-order valence-corrected chi connectivity index (χ1v) is 9.03. The fraction of sp³-hybridized carbons (Fsp3) is 0.579. The van der Waals surface area contributed by atoms with E-state index in [2.05, 4.69) is 34.5 Å². The van der Waals surface area contributed by atoms with Gasteiger partial charge < -0.3 is 15.3 Å². The smallest absolute Gasteiger partial charge is 0.253 e. The molecule has 0 saturated carbocycles. The monoisotopic (exact) mass is 345 g/mol. The van der Waals surface area contributed by atoms with Crippen LogP contribution in [0.5, 0.6) is 0 Å². The van der Waals surface area contributed by atoms with Crippen molar-refractivity contribution in [1.82, 2.24) is 15.1 Å². The Kier molecular flexibility index (Phi) is 5.39. The average Bonchev–Trinajstić information content (AvgIpc) is 2.61. The Bertz CT molecular complexity index is 649. The van der Waals surface area contributed by atoms with Gasteiger partial charge in [0.15, 0.2) is 5.60 Å². The Morgan fingerprint density at radius 3 is 2.76 bits per heavy atom. The van der Waals surface area contributed by atoms with Crippen LogP contribution in [0, 0.1) is 0 Å². The third-order valence-corrected chi connectivity index (χ3v) is 5.26. The number of hydrogen-bond acceptors (Lipinski definition) is 4. The minimum absolute atomic E-state index is 0.0885. The molecule has 0 aliphatic carbocycles. The van der Waals surface area contributed by atoms with E-state index in [1.807, 2.05) is 0 Å². The third-order valence-electron chi connectivity index (χ3n) is 5.26. The quantitative estimate of drug-likeness (QED) is 0.835. The maximum Gasteiger partial charge on any atom is 0.253 e. The molecule has 1 fully saturated rings. The summed E-state index contributed by atoms with van der Waals surface area (Å²) >= 11 is 0. The molecule has 2 N–H and O–H groups in total. The van der Waals surface area contributed by atoms with Gasteiger partial charge in [0.05, 0.1) is 6.54 Å². The molecule has 3 rings (SSSR count). The molecular formula is C19H27N3O3. The second-order valence-corrected chi connectivity index (χ2v) is 7.13. The normalized spacial score (nSPS) is 23.8. The van der Waals surface area contributed by atoms with E-state index in [1.54, 1.807) is 4.90 Å². The van der Waals surface area contributed by atoms with Crippen LogP contribution in [0.3, 0.4) is 0 Å². The van der Waals surface area contributed by atoms with Gasteiger partial charge in [0.25, 0.3) is 5.91 Å². The summed E-state index contributed by atoms with van der Waals surface area (Å²) in [5.74, 6) is -0.464. The Morgan fingerprint density at radius 1 is 1.24 bits per heavy atom. The third kappa shape index (κ3) is 4.19. The Morgan fingerprint density at radius 2 is 2.00 bits per heavy atom. The summed E-state index contributed by atoms with van der Waals surface area (Å²) in [6.45, 7) is 5.31. The first-order valence-electron chi connectivity index (χ1n) is 9.03. The van der Waals surface area contributed by atoms with E-state index in [-0.39, 0.29) is 18.4 Å². The van der Waals surface area contributed by atoms with Gasteiger partial charge in [-0.25, -0.2) is 0 Å². The minimum Gasteiger partial charge on any atom is -0.378 e. The molecule has 0 aromatic heterocycles. The Hall–Kier alpha value is -1.92. The molecule has 1 aromatic carbocycles. The topological polar surface area (TPSA) is 72.9 Å². The second-order valence-electron chi connectivity index (χ2n) is 7.13. The average molecular weight is 345 g/mol. The fourth-order valence-electron chi connectivity index (χ4n) is 3.73. The number of likely N-dealkylation sites (tertiary alicyclic amines) is 1. The molecule has 2 aliphatic rings. The number of aliphatic hydroxyl groups is 1. The highest BCUT2D eigenvalue weighted by Crippen LogP contribution is 2.22. The highest BCUT2D eigenvalue weighted by Gasteiger charge is 2.40. The summed E-state index contributed by atoms with van der Waals surface area (Å²) in [4.78, 5) is 27.8. The molecule has 6 heteroatoms. The lowest BCUT2D eigenvalue weighted by Gasteiger charge is -2.37. The maximum atomic E-state index is 12.4. The standard InChI is InChI=1S/C19H27N3O3/c1-15(23)22-10-4-8-19(25,14-22)18(24)20-9-12-21-11-7-16-5-2-3-6-17(16)13-21/h2-3,5-6,25H,4,7-14H2,1H3,(H,20,24)/t19-/m0/s1. The second kappa shape index (κ2) is 7.54. The van der Waals surface area contributed by atoms with Crippen LogP contribution < -0.4 is 5.32 Å². The minimum atomic E-state index is -1.46. The molecule has 0 bridgehead atoms. The molecule has 0 unspecified atom stereocenters. The van der Waals surface area contributed by atoms with Crippen molar-refractivity contribution in [1.29, 1.82) is 0 Å². The first-order chi connectivity index (χ1) is 12.0. The van der Waals surface area contributed by atoms with Crippen LogP contribution in [0.2, 0.25) is 0 Å². The van der Waals surface area contributed by atoms with Crippen molar-refractivity contribution in [3.05, 3.63) is 35.4 Å². The molecule has 1 saturated heterocycles. The molecule has 1 aromatic rings. The van der Waals surface area contributed by atoms with Gasteiger partial charge in [-0.15, -0.1) is 0 Å². The lowest BCUT2D eigenvalue weighted by atomic mass is 9.92. The van der Waals surface area contributed by atoms with Crippen molar-refractivity contribution in [2.75, 3.05) is 32.7 Å². The van der Waals surface area contributed by atoms with Crippen LogP contribution in [0.1, 0.15) is 30.9 Å². The number of carbonyl (C=O) groups excluding carboxylic acids is 2. The van der Waals surface area contributed by atoms with Crippen molar-refractivity contribution in [2.24, 2.45) is 0 Å². The van der Waals surface area contributed by atoms with Gasteiger partial charge in [0.2, 0.25) is 5.91 Å². The van der Waals surface area contributed by atoms with Crippen LogP contribution in [-0.4, -0.2) is 65.0 Å². The number of carbonyl (C=O) groups is 2. The molecule has 136 valence electrons. The summed E-state index contributed by atoms with van der Waals surface area (Å²) in [6.07, 6.45) is 2.08. The van der Waals surface area contributed by atoms with E-state index in [0.717, 1.165) is 26.1 Å². The highest BCUT2D eigenvalue weighted by molar-refractivity contribution is 5.86. The summed E-state index contributed by atoms with van der Waals surface area (Å²) in [7, 11) is 0. The van der Waals surface area contributed by atoms with Crippen LogP contribution >= 0.6 is 0 Å². The lowest BCUT2D eigenvalue weighted by molar-refractivity contribution is -0.150. The van der Waals surface area contributed by atoms with Gasteiger partial charge in [0, 0.05) is 39.6 Å². The van der Waals surface area contributed by atoms with Gasteiger partial charge >= 0.3 is 0 Å². The summed E-state index contributed by atoms with van der Waals surface area (Å²) in [5.41, 5.74) is 1.30. The maximum absolute atomic E-state index is 12.4. The van der Waals surface area contributed by atoms with Crippen LogP contribution in [0.4, 0.5) is 0 Å². The van der Waals surface area contributed by atoms with E-state index in [0.29, 0.717) is 25.9 Å². The Labute approximate surface area is 148 Å². The van der Waals surface area contributed by atoms with Crippen molar-refractivity contribution >= 4 is 11.8 Å². The summed E-state index contributed by atoms with van der Waals surface area (Å²) in [6, 6.07) is 8.46. The molecule has 25 heavy (non-hydrogen) atoms. The van der Waals surface area contributed by atoms with Gasteiger partial charge in [-0.2, -0.15) is 0 Å². The molecule has 2 aliphatic heterocycles. The van der Waals surface area contributed by atoms with E-state index in [9.17, 15) is 14.7 Å². The van der Waals surface area contributed by atoms with Crippen molar-refractivity contribution in [2.45, 2.75) is 38.3 Å². The molecule has 2 heterocycles. The number of rotatable bonds is 4. The lowest BCUT2D eigenvalue weighted by Crippen LogP contribution is -2.58. The zero-order valence-corrected chi connectivity index (χ0v) is 14.8. The van der Waals surface area contributed by atoms with Gasteiger partial charge in [-0.1, -0.05) is 24.3 Å². The SMILES string of the molecule is CC(=O)N1CCC[C@@](O)(C(=O)NCCN2CCc3ccccc3C2)C1. The predicted octanol–water partition coefficient (Wildman–Crippen LogP) is 0.534. The molecule has 6 nitrogen and oxygen atoms in total.